The van der Waals surface area contributed by atoms with Gasteiger partial charge in [-0.05, 0) is 89.7 Å². The van der Waals surface area contributed by atoms with Crippen LogP contribution in [0.2, 0.25) is 0 Å². The van der Waals surface area contributed by atoms with E-state index in [1.807, 2.05) is 0 Å². The number of hydrogen-bond donors (Lipinski definition) is 0. The van der Waals surface area contributed by atoms with Crippen LogP contribution in [0.25, 0.3) is 89.2 Å². The second-order valence-electron chi connectivity index (χ2n) is 15.6. The van der Waals surface area contributed by atoms with Crippen LogP contribution in [0, 0.1) is 0 Å². The minimum absolute atomic E-state index is 0.578. The topological polar surface area (TPSA) is 25.8 Å². The summed E-state index contributed by atoms with van der Waals surface area (Å²) in [5, 5.41) is 2.48. The minimum Gasteiger partial charge on any atom is -0.228 e. The molecule has 0 radical (unpaired) electrons. The highest BCUT2D eigenvalue weighted by molar-refractivity contribution is 5.99. The van der Waals surface area contributed by atoms with E-state index >= 15 is 0 Å². The minimum atomic E-state index is -0.578. The predicted molar refractivity (Wildman–Crippen MR) is 243 cm³/mol. The molecule has 1 heterocycles. The molecule has 0 fully saturated rings. The fraction of sp³-hybridized carbons (Fsp3) is 0.0175. The summed E-state index contributed by atoms with van der Waals surface area (Å²) in [7, 11) is 0. The van der Waals surface area contributed by atoms with Gasteiger partial charge < -0.3 is 0 Å². The van der Waals surface area contributed by atoms with Gasteiger partial charge in [-0.1, -0.05) is 206 Å². The molecule has 0 atom stereocenters. The van der Waals surface area contributed by atoms with Crippen LogP contribution < -0.4 is 0 Å². The molecule has 12 rings (SSSR count). The van der Waals surface area contributed by atoms with E-state index in [2.05, 4.69) is 218 Å². The molecule has 2 nitrogen and oxygen atoms in total. The molecule has 274 valence electrons. The van der Waals surface area contributed by atoms with E-state index in [0.29, 0.717) is 5.82 Å². The fourth-order valence-corrected chi connectivity index (χ4v) is 9.97. The lowest BCUT2D eigenvalue weighted by atomic mass is 9.65. The van der Waals surface area contributed by atoms with E-state index in [-0.39, 0.29) is 0 Å². The summed E-state index contributed by atoms with van der Waals surface area (Å²) in [6, 6.07) is 79.4. The predicted octanol–water partition coefficient (Wildman–Crippen LogP) is 14.3. The lowest BCUT2D eigenvalue weighted by Gasteiger charge is -2.35. The Bertz CT molecular complexity index is 3220. The van der Waals surface area contributed by atoms with Crippen molar-refractivity contribution >= 4 is 10.8 Å². The molecule has 9 aromatic carbocycles. The van der Waals surface area contributed by atoms with Crippen LogP contribution >= 0.6 is 0 Å². The van der Waals surface area contributed by atoms with E-state index < -0.39 is 5.41 Å². The zero-order valence-corrected chi connectivity index (χ0v) is 32.2. The molecule has 0 saturated heterocycles. The molecule has 59 heavy (non-hydrogen) atoms. The first-order chi connectivity index (χ1) is 29.3. The summed E-state index contributed by atoms with van der Waals surface area (Å²) < 4.78 is 0. The van der Waals surface area contributed by atoms with E-state index in [1.165, 1.54) is 77.5 Å². The van der Waals surface area contributed by atoms with Crippen LogP contribution in [0.4, 0.5) is 0 Å². The summed E-state index contributed by atoms with van der Waals surface area (Å²) in [4.78, 5) is 10.8. The average Bonchev–Trinajstić information content (AvgIpc) is 3.56. The van der Waals surface area contributed by atoms with Gasteiger partial charge in [-0.25, -0.2) is 9.97 Å². The Kier molecular flexibility index (Phi) is 7.48. The molecule has 2 heteroatoms. The van der Waals surface area contributed by atoms with E-state index in [9.17, 15) is 0 Å². The molecule has 2 aliphatic carbocycles. The van der Waals surface area contributed by atoms with Crippen LogP contribution in [-0.4, -0.2) is 9.97 Å². The lowest BCUT2D eigenvalue weighted by molar-refractivity contribution is 0.775. The van der Waals surface area contributed by atoms with Gasteiger partial charge >= 0.3 is 0 Å². The van der Waals surface area contributed by atoms with Gasteiger partial charge in [-0.2, -0.15) is 0 Å². The Labute approximate surface area is 343 Å². The largest absolute Gasteiger partial charge is 0.228 e. The summed E-state index contributed by atoms with van der Waals surface area (Å²) in [5.74, 6) is 0.697. The number of hydrogen-bond acceptors (Lipinski definition) is 2. The summed E-state index contributed by atoms with van der Waals surface area (Å²) in [5.41, 5.74) is 19.3. The SMILES string of the molecule is c1ccc(-c2cc(-c3ccc(-c4cccc5ccccc45)cc3)nc(-c3ccc4c(c3)C3(c5ccccc5-c5ccccc5-4)c4ccccc4-c4ccccc43)n2)cc1. The lowest BCUT2D eigenvalue weighted by Crippen LogP contribution is -2.29. The highest BCUT2D eigenvalue weighted by atomic mass is 14.9. The Balaban J connectivity index is 1.10. The normalized spacial score (nSPS) is 12.9. The Morgan fingerprint density at radius 2 is 0.712 bits per heavy atom. The van der Waals surface area contributed by atoms with Crippen LogP contribution in [0.1, 0.15) is 22.3 Å². The smallest absolute Gasteiger partial charge is 0.160 e. The molecule has 0 bridgehead atoms. The molecule has 10 aromatic rings. The number of benzene rings is 9. The van der Waals surface area contributed by atoms with Gasteiger partial charge in [0.1, 0.15) is 0 Å². The Morgan fingerprint density at radius 1 is 0.271 bits per heavy atom. The summed E-state index contributed by atoms with van der Waals surface area (Å²) in [6.45, 7) is 0. The fourth-order valence-electron chi connectivity index (χ4n) is 9.97. The van der Waals surface area contributed by atoms with Crippen molar-refractivity contribution in [1.82, 2.24) is 9.97 Å². The van der Waals surface area contributed by atoms with Gasteiger partial charge in [0.25, 0.3) is 0 Å². The first-order valence-electron chi connectivity index (χ1n) is 20.3. The first-order valence-corrected chi connectivity index (χ1v) is 20.3. The standard InChI is InChI=1S/C57H36N2/c1-2-16-39(17-3-1)54-36-55(40-31-29-38(30-32-40)43-25-14-18-37-15-4-5-19-42(37)43)59-56(58-54)41-33-34-49-45-21-7-6-20-44(45)46-22-8-11-26-50(46)57(53(49)35-41)51-27-12-9-23-47(51)48-24-10-13-28-52(48)57/h1-36H. The number of rotatable bonds is 4. The van der Waals surface area contributed by atoms with Gasteiger partial charge in [-0.15, -0.1) is 0 Å². The summed E-state index contributed by atoms with van der Waals surface area (Å²) in [6.07, 6.45) is 0. The molecule has 0 N–H and O–H groups in total. The van der Waals surface area contributed by atoms with Gasteiger partial charge in [0.2, 0.25) is 0 Å². The van der Waals surface area contributed by atoms with Crippen LogP contribution in [-0.2, 0) is 5.41 Å². The summed E-state index contributed by atoms with van der Waals surface area (Å²) >= 11 is 0. The molecule has 1 aromatic heterocycles. The number of fused-ring (bicyclic) bond motifs is 13. The van der Waals surface area contributed by atoms with Gasteiger partial charge in [0.05, 0.1) is 16.8 Å². The van der Waals surface area contributed by atoms with E-state index in [1.54, 1.807) is 0 Å². The van der Waals surface area contributed by atoms with Crippen molar-refractivity contribution in [3.63, 3.8) is 0 Å². The highest BCUT2D eigenvalue weighted by Crippen LogP contribution is 2.61. The maximum Gasteiger partial charge on any atom is 0.160 e. The van der Waals surface area contributed by atoms with Gasteiger partial charge in [0, 0.05) is 16.7 Å². The third kappa shape index (κ3) is 5.06. The molecular formula is C57H36N2. The number of nitrogens with zero attached hydrogens (tertiary/aromatic N) is 2. The monoisotopic (exact) mass is 748 g/mol. The third-order valence-corrected chi connectivity index (χ3v) is 12.5. The van der Waals surface area contributed by atoms with Crippen LogP contribution in [0.15, 0.2) is 218 Å². The molecular weight excluding hydrogens is 713 g/mol. The molecule has 1 spiro atoms. The van der Waals surface area contributed by atoms with Crippen LogP contribution in [0.5, 0.6) is 0 Å². The second kappa shape index (κ2) is 13.2. The van der Waals surface area contributed by atoms with Crippen molar-refractivity contribution in [2.75, 3.05) is 0 Å². The first kappa shape index (κ1) is 33.5. The maximum absolute atomic E-state index is 5.41. The van der Waals surface area contributed by atoms with Crippen molar-refractivity contribution in [3.8, 4) is 78.4 Å². The second-order valence-corrected chi connectivity index (χ2v) is 15.6. The molecule has 0 saturated carbocycles. The molecule has 0 aliphatic heterocycles. The molecule has 0 unspecified atom stereocenters. The van der Waals surface area contributed by atoms with Crippen molar-refractivity contribution in [1.29, 1.82) is 0 Å². The van der Waals surface area contributed by atoms with Crippen LogP contribution in [0.3, 0.4) is 0 Å². The van der Waals surface area contributed by atoms with Crippen molar-refractivity contribution in [3.05, 3.63) is 241 Å². The molecule has 2 aliphatic rings. The maximum atomic E-state index is 5.41. The van der Waals surface area contributed by atoms with Gasteiger partial charge in [-0.3, -0.25) is 0 Å². The Morgan fingerprint density at radius 3 is 1.36 bits per heavy atom. The molecule has 0 amide bonds. The van der Waals surface area contributed by atoms with E-state index in [4.69, 9.17) is 9.97 Å². The van der Waals surface area contributed by atoms with Gasteiger partial charge in [0.15, 0.2) is 5.82 Å². The zero-order valence-electron chi connectivity index (χ0n) is 32.2. The third-order valence-electron chi connectivity index (χ3n) is 12.5. The van der Waals surface area contributed by atoms with Crippen molar-refractivity contribution in [2.45, 2.75) is 5.41 Å². The quantitative estimate of drug-likeness (QED) is 0.179. The van der Waals surface area contributed by atoms with E-state index in [0.717, 1.165) is 28.1 Å². The number of aromatic nitrogens is 2. The average molecular weight is 749 g/mol. The Hall–Kier alpha value is -7.68. The highest BCUT2D eigenvalue weighted by Gasteiger charge is 2.49. The zero-order chi connectivity index (χ0) is 38.9. The van der Waals surface area contributed by atoms with Crippen molar-refractivity contribution in [2.24, 2.45) is 0 Å². The van der Waals surface area contributed by atoms with Crippen molar-refractivity contribution < 1.29 is 0 Å².